The third-order valence-corrected chi connectivity index (χ3v) is 5.53. The minimum absolute atomic E-state index is 0.114. The van der Waals surface area contributed by atoms with E-state index in [0.29, 0.717) is 18.1 Å². The second kappa shape index (κ2) is 8.13. The van der Waals surface area contributed by atoms with Gasteiger partial charge < -0.3 is 9.47 Å². The average molecular weight is 370 g/mol. The molecule has 0 aliphatic carbocycles. The smallest absolute Gasteiger partial charge is 0.275 e. The van der Waals surface area contributed by atoms with Gasteiger partial charge in [0.2, 0.25) is 0 Å². The van der Waals surface area contributed by atoms with E-state index in [0.717, 1.165) is 11.3 Å². The number of hydrogen-bond acceptors (Lipinski definition) is 6. The molecule has 0 spiro atoms. The van der Waals surface area contributed by atoms with E-state index in [4.69, 9.17) is 9.47 Å². The lowest BCUT2D eigenvalue weighted by Crippen LogP contribution is -2.46. The monoisotopic (exact) mass is 370 g/mol. The van der Waals surface area contributed by atoms with Gasteiger partial charge in [0.05, 0.1) is 6.61 Å². The molecule has 0 aliphatic rings. The highest BCUT2D eigenvalue weighted by Gasteiger charge is 2.19. The van der Waals surface area contributed by atoms with Gasteiger partial charge in [0.15, 0.2) is 6.10 Å². The Balaban J connectivity index is 1.88. The van der Waals surface area contributed by atoms with Crippen LogP contribution in [0.3, 0.4) is 0 Å². The van der Waals surface area contributed by atoms with Gasteiger partial charge in [-0.1, -0.05) is 6.07 Å². The Kier molecular flexibility index (Phi) is 6.18. The van der Waals surface area contributed by atoms with Crippen LogP contribution < -0.4 is 19.7 Å². The van der Waals surface area contributed by atoms with Crippen LogP contribution in [0, 0.1) is 0 Å². The molecular weight excluding hydrogens is 352 g/mol. The number of thiophene rings is 1. The Labute approximate surface area is 144 Å². The summed E-state index contributed by atoms with van der Waals surface area (Å²) in [5, 5.41) is 1.63. The lowest BCUT2D eigenvalue weighted by atomic mass is 10.3. The van der Waals surface area contributed by atoms with Crippen molar-refractivity contribution in [3.05, 3.63) is 41.8 Å². The average Bonchev–Trinajstić information content (AvgIpc) is 3.10. The number of hydrazine groups is 1. The SMILES string of the molecule is CCOc1ccc(O[C@H](C)C(=O)NNS(=O)(=O)c2cccs2)cc1. The first-order valence-corrected chi connectivity index (χ1v) is 9.53. The molecule has 0 radical (unpaired) electrons. The molecular formula is C15H18N2O5S2. The normalized spacial score (nSPS) is 12.4. The van der Waals surface area contributed by atoms with Crippen molar-refractivity contribution in [3.63, 3.8) is 0 Å². The molecule has 9 heteroatoms. The summed E-state index contributed by atoms with van der Waals surface area (Å²) >= 11 is 1.05. The predicted molar refractivity (Wildman–Crippen MR) is 90.5 cm³/mol. The molecule has 0 saturated carbocycles. The minimum Gasteiger partial charge on any atom is -0.494 e. The fraction of sp³-hybridized carbons (Fsp3) is 0.267. The highest BCUT2D eigenvalue weighted by atomic mass is 32.2. The Hall–Kier alpha value is -2.10. The fourth-order valence-electron chi connectivity index (χ4n) is 1.72. The van der Waals surface area contributed by atoms with E-state index in [1.54, 1.807) is 35.7 Å². The summed E-state index contributed by atoms with van der Waals surface area (Å²) in [6.07, 6.45) is -0.881. The summed E-state index contributed by atoms with van der Waals surface area (Å²) in [5.74, 6) is 0.567. The first-order valence-electron chi connectivity index (χ1n) is 7.17. The fourth-order valence-corrected chi connectivity index (χ4v) is 3.56. The molecule has 0 saturated heterocycles. The van der Waals surface area contributed by atoms with Crippen molar-refractivity contribution in [1.29, 1.82) is 0 Å². The molecule has 0 fully saturated rings. The van der Waals surface area contributed by atoms with Crippen LogP contribution in [0.15, 0.2) is 46.0 Å². The van der Waals surface area contributed by atoms with Crippen LogP contribution >= 0.6 is 11.3 Å². The maximum absolute atomic E-state index is 11.9. The molecule has 0 aliphatic heterocycles. The molecule has 130 valence electrons. The number of rotatable bonds is 8. The first kappa shape index (κ1) is 18.2. The summed E-state index contributed by atoms with van der Waals surface area (Å²) in [6, 6.07) is 9.85. The summed E-state index contributed by atoms with van der Waals surface area (Å²) in [4.78, 5) is 14.0. The zero-order valence-electron chi connectivity index (χ0n) is 13.2. The number of amides is 1. The lowest BCUT2D eigenvalue weighted by Gasteiger charge is -2.15. The summed E-state index contributed by atoms with van der Waals surface area (Å²) in [6.45, 7) is 3.96. The van der Waals surface area contributed by atoms with E-state index in [9.17, 15) is 13.2 Å². The quantitative estimate of drug-likeness (QED) is 0.693. The van der Waals surface area contributed by atoms with Crippen molar-refractivity contribution in [1.82, 2.24) is 10.3 Å². The third-order valence-electron chi connectivity index (χ3n) is 2.89. The summed E-state index contributed by atoms with van der Waals surface area (Å²) in [7, 11) is -3.77. The molecule has 1 aromatic heterocycles. The molecule has 7 nitrogen and oxygen atoms in total. The second-order valence-corrected chi connectivity index (χ2v) is 7.55. The van der Waals surface area contributed by atoms with Crippen LogP contribution in [0.5, 0.6) is 11.5 Å². The lowest BCUT2D eigenvalue weighted by molar-refractivity contribution is -0.127. The Morgan fingerprint density at radius 3 is 2.46 bits per heavy atom. The van der Waals surface area contributed by atoms with Gasteiger partial charge in [-0.15, -0.1) is 16.2 Å². The maximum atomic E-state index is 11.9. The van der Waals surface area contributed by atoms with Crippen LogP contribution in [0.4, 0.5) is 0 Å². The van der Waals surface area contributed by atoms with E-state index in [2.05, 4.69) is 5.43 Å². The maximum Gasteiger partial charge on any atom is 0.275 e. The molecule has 24 heavy (non-hydrogen) atoms. The first-order chi connectivity index (χ1) is 11.4. The number of carbonyl (C=O) groups is 1. The number of ether oxygens (including phenoxy) is 2. The molecule has 2 aromatic rings. The zero-order chi connectivity index (χ0) is 17.6. The number of nitrogens with one attached hydrogen (secondary N) is 2. The van der Waals surface area contributed by atoms with Crippen molar-refractivity contribution in [2.24, 2.45) is 0 Å². The second-order valence-electron chi connectivity index (χ2n) is 4.69. The summed E-state index contributed by atoms with van der Waals surface area (Å²) in [5.41, 5.74) is 2.14. The largest absolute Gasteiger partial charge is 0.494 e. The number of benzene rings is 1. The molecule has 1 amide bonds. The summed E-state index contributed by atoms with van der Waals surface area (Å²) < 4.78 is 34.7. The number of sulfonamides is 1. The van der Waals surface area contributed by atoms with Crippen LogP contribution in [-0.2, 0) is 14.8 Å². The standard InChI is InChI=1S/C15H18N2O5S2/c1-3-21-12-6-8-13(9-7-12)22-11(2)15(18)16-17-24(19,20)14-5-4-10-23-14/h4-11,17H,3H2,1-2H3,(H,16,18)/t11-/m1/s1. The number of carbonyl (C=O) groups excluding carboxylic acids is 1. The van der Waals surface area contributed by atoms with Crippen LogP contribution in [0.2, 0.25) is 0 Å². The molecule has 1 aromatic carbocycles. The van der Waals surface area contributed by atoms with E-state index >= 15 is 0 Å². The van der Waals surface area contributed by atoms with Gasteiger partial charge in [0, 0.05) is 0 Å². The van der Waals surface area contributed by atoms with Gasteiger partial charge >= 0.3 is 0 Å². The Morgan fingerprint density at radius 1 is 1.21 bits per heavy atom. The van der Waals surface area contributed by atoms with E-state index in [1.165, 1.54) is 13.0 Å². The van der Waals surface area contributed by atoms with Gasteiger partial charge in [-0.2, -0.15) is 0 Å². The van der Waals surface area contributed by atoms with E-state index in [1.807, 2.05) is 11.8 Å². The van der Waals surface area contributed by atoms with E-state index in [-0.39, 0.29) is 4.21 Å². The zero-order valence-corrected chi connectivity index (χ0v) is 14.8. The van der Waals surface area contributed by atoms with Crippen LogP contribution in [0.25, 0.3) is 0 Å². The van der Waals surface area contributed by atoms with E-state index < -0.39 is 22.0 Å². The van der Waals surface area contributed by atoms with Crippen molar-refractivity contribution >= 4 is 27.3 Å². The van der Waals surface area contributed by atoms with Crippen molar-refractivity contribution < 1.29 is 22.7 Å². The van der Waals surface area contributed by atoms with Gasteiger partial charge in [-0.05, 0) is 49.6 Å². The van der Waals surface area contributed by atoms with Crippen LogP contribution in [0.1, 0.15) is 13.8 Å². The third kappa shape index (κ3) is 4.95. The Bertz CT molecular complexity index is 758. The topological polar surface area (TPSA) is 93.7 Å². The van der Waals surface area contributed by atoms with Crippen molar-refractivity contribution in [2.75, 3.05) is 6.61 Å². The number of hydrogen-bond donors (Lipinski definition) is 2. The highest BCUT2D eigenvalue weighted by molar-refractivity contribution is 7.91. The predicted octanol–water partition coefficient (Wildman–Crippen LogP) is 1.92. The molecule has 0 unspecified atom stereocenters. The molecule has 2 rings (SSSR count). The highest BCUT2D eigenvalue weighted by Crippen LogP contribution is 2.18. The van der Waals surface area contributed by atoms with Gasteiger partial charge in [-0.25, -0.2) is 8.42 Å². The molecule has 2 N–H and O–H groups in total. The molecule has 0 bridgehead atoms. The Morgan fingerprint density at radius 2 is 1.88 bits per heavy atom. The minimum atomic E-state index is -3.77. The molecule has 1 atom stereocenters. The van der Waals surface area contributed by atoms with Crippen molar-refractivity contribution in [3.8, 4) is 11.5 Å². The molecule has 1 heterocycles. The van der Waals surface area contributed by atoms with Gasteiger partial charge in [0.25, 0.3) is 15.9 Å². The van der Waals surface area contributed by atoms with Crippen LogP contribution in [-0.4, -0.2) is 27.0 Å². The van der Waals surface area contributed by atoms with Gasteiger partial charge in [0.1, 0.15) is 15.7 Å². The van der Waals surface area contributed by atoms with Gasteiger partial charge in [-0.3, -0.25) is 10.2 Å². The van der Waals surface area contributed by atoms with Crippen molar-refractivity contribution in [2.45, 2.75) is 24.2 Å².